The summed E-state index contributed by atoms with van der Waals surface area (Å²) in [6.07, 6.45) is 1.25. The fraction of sp³-hybridized carbons (Fsp3) is 0.400. The Hall–Kier alpha value is -2.61. The lowest BCUT2D eigenvalue weighted by atomic mass is 10.1. The number of rotatable bonds is 5. The number of methoxy groups -OCH3 is 2. The lowest BCUT2D eigenvalue weighted by Gasteiger charge is -2.15. The highest BCUT2D eigenvalue weighted by Crippen LogP contribution is 2.34. The summed E-state index contributed by atoms with van der Waals surface area (Å²) in [7, 11) is 3.09. The average molecular weight is 319 g/mol. The predicted octanol–water partition coefficient (Wildman–Crippen LogP) is 1.83. The van der Waals surface area contributed by atoms with Crippen molar-refractivity contribution in [1.29, 1.82) is 0 Å². The molecule has 122 valence electrons. The zero-order chi connectivity index (χ0) is 16.4. The molecular weight excluding hydrogens is 302 g/mol. The van der Waals surface area contributed by atoms with Crippen LogP contribution in [-0.2, 0) is 4.74 Å². The molecule has 1 N–H and O–H groups in total. The van der Waals surface area contributed by atoms with E-state index in [0.29, 0.717) is 29.5 Å². The second-order valence-corrected chi connectivity index (χ2v) is 5.08. The van der Waals surface area contributed by atoms with Gasteiger partial charge >= 0.3 is 5.97 Å². The smallest absolute Gasteiger partial charge is 0.358 e. The summed E-state index contributed by atoms with van der Waals surface area (Å²) in [5, 5.41) is 17.2. The maximum absolute atomic E-state index is 11.5. The van der Waals surface area contributed by atoms with Gasteiger partial charge in [0.1, 0.15) is 29.0 Å². The summed E-state index contributed by atoms with van der Waals surface area (Å²) in [4.78, 5) is 11.5. The van der Waals surface area contributed by atoms with Gasteiger partial charge in [0.25, 0.3) is 0 Å². The maximum atomic E-state index is 11.5. The third-order valence-electron chi connectivity index (χ3n) is 3.76. The maximum Gasteiger partial charge on any atom is 0.358 e. The van der Waals surface area contributed by atoms with Gasteiger partial charge in [0.2, 0.25) is 0 Å². The molecule has 1 unspecified atom stereocenters. The van der Waals surface area contributed by atoms with Gasteiger partial charge in [-0.15, -0.1) is 5.10 Å². The summed E-state index contributed by atoms with van der Waals surface area (Å²) < 4.78 is 17.7. The number of hydrogen-bond acceptors (Lipinski definition) is 6. The number of aromatic carboxylic acids is 1. The van der Waals surface area contributed by atoms with E-state index < -0.39 is 5.97 Å². The molecule has 0 radical (unpaired) electrons. The quantitative estimate of drug-likeness (QED) is 0.898. The first-order valence-electron chi connectivity index (χ1n) is 7.18. The molecule has 0 saturated carbocycles. The van der Waals surface area contributed by atoms with Gasteiger partial charge in [-0.05, 0) is 25.0 Å². The van der Waals surface area contributed by atoms with Crippen LogP contribution in [0.2, 0.25) is 0 Å². The first-order valence-corrected chi connectivity index (χ1v) is 7.18. The number of carbonyl (C=O) groups is 1. The molecule has 1 aromatic heterocycles. The molecule has 0 bridgehead atoms. The van der Waals surface area contributed by atoms with E-state index in [1.807, 2.05) is 0 Å². The van der Waals surface area contributed by atoms with E-state index in [1.165, 1.54) is 11.8 Å². The molecule has 0 amide bonds. The summed E-state index contributed by atoms with van der Waals surface area (Å²) in [6.45, 7) is 0.592. The van der Waals surface area contributed by atoms with Crippen LogP contribution < -0.4 is 9.47 Å². The first-order chi connectivity index (χ1) is 11.2. The number of hydrogen-bond donors (Lipinski definition) is 1. The van der Waals surface area contributed by atoms with Gasteiger partial charge in [-0.2, -0.15) is 0 Å². The first kappa shape index (κ1) is 15.3. The second-order valence-electron chi connectivity index (χ2n) is 5.08. The lowest BCUT2D eigenvalue weighted by Crippen LogP contribution is -2.12. The van der Waals surface area contributed by atoms with Crippen LogP contribution in [0.25, 0.3) is 5.69 Å². The van der Waals surface area contributed by atoms with E-state index in [9.17, 15) is 9.90 Å². The number of nitrogens with zero attached hydrogens (tertiary/aromatic N) is 3. The minimum atomic E-state index is -1.13. The van der Waals surface area contributed by atoms with E-state index in [4.69, 9.17) is 14.2 Å². The van der Waals surface area contributed by atoms with Crippen LogP contribution in [0.3, 0.4) is 0 Å². The number of benzene rings is 1. The van der Waals surface area contributed by atoms with Gasteiger partial charge in [-0.25, -0.2) is 9.48 Å². The topological polar surface area (TPSA) is 95.7 Å². The molecule has 8 nitrogen and oxygen atoms in total. The Morgan fingerprint density at radius 2 is 2.22 bits per heavy atom. The number of ether oxygens (including phenoxy) is 3. The highest BCUT2D eigenvalue weighted by atomic mass is 16.5. The molecule has 1 fully saturated rings. The largest absolute Gasteiger partial charge is 0.497 e. The average Bonchev–Trinajstić information content (AvgIpc) is 3.22. The molecule has 1 atom stereocenters. The summed E-state index contributed by atoms with van der Waals surface area (Å²) >= 11 is 0. The Kier molecular flexibility index (Phi) is 4.16. The van der Waals surface area contributed by atoms with Crippen molar-refractivity contribution in [3.05, 3.63) is 29.6 Å². The fourth-order valence-corrected chi connectivity index (χ4v) is 2.66. The van der Waals surface area contributed by atoms with Gasteiger partial charge < -0.3 is 19.3 Å². The zero-order valence-electron chi connectivity index (χ0n) is 12.9. The van der Waals surface area contributed by atoms with Crippen molar-refractivity contribution >= 4 is 5.97 Å². The van der Waals surface area contributed by atoms with E-state index in [1.54, 1.807) is 25.3 Å². The van der Waals surface area contributed by atoms with Crippen LogP contribution >= 0.6 is 0 Å². The van der Waals surface area contributed by atoms with E-state index in [2.05, 4.69) is 10.3 Å². The predicted molar refractivity (Wildman–Crippen MR) is 79.3 cm³/mol. The summed E-state index contributed by atoms with van der Waals surface area (Å²) in [5.41, 5.74) is 0.909. The monoisotopic (exact) mass is 319 g/mol. The van der Waals surface area contributed by atoms with Crippen molar-refractivity contribution in [1.82, 2.24) is 15.0 Å². The Balaban J connectivity index is 2.14. The Labute approximate surface area is 132 Å². The summed E-state index contributed by atoms with van der Waals surface area (Å²) in [6, 6.07) is 5.20. The van der Waals surface area contributed by atoms with E-state index >= 15 is 0 Å². The van der Waals surface area contributed by atoms with Gasteiger partial charge in [0.15, 0.2) is 5.69 Å². The van der Waals surface area contributed by atoms with E-state index in [-0.39, 0.29) is 11.8 Å². The van der Waals surface area contributed by atoms with Crippen LogP contribution in [0.5, 0.6) is 11.5 Å². The number of carboxylic acids is 1. The van der Waals surface area contributed by atoms with Crippen LogP contribution in [0, 0.1) is 0 Å². The van der Waals surface area contributed by atoms with Gasteiger partial charge in [-0.3, -0.25) is 0 Å². The molecule has 1 aliphatic rings. The molecule has 2 aromatic rings. The third-order valence-corrected chi connectivity index (χ3v) is 3.76. The SMILES string of the molecule is COc1ccc(-n2nnc(C(=O)O)c2C2CCCO2)c(OC)c1. The Morgan fingerprint density at radius 3 is 2.83 bits per heavy atom. The minimum absolute atomic E-state index is 0.102. The van der Waals surface area contributed by atoms with Gasteiger partial charge in [0, 0.05) is 12.7 Å². The second kappa shape index (κ2) is 6.25. The minimum Gasteiger partial charge on any atom is -0.497 e. The molecule has 1 aromatic carbocycles. The molecular formula is C15H17N3O5. The highest BCUT2D eigenvalue weighted by Gasteiger charge is 2.31. The Morgan fingerprint density at radius 1 is 1.39 bits per heavy atom. The molecule has 1 aliphatic heterocycles. The van der Waals surface area contributed by atoms with Crippen molar-refractivity contribution in [2.45, 2.75) is 18.9 Å². The number of carboxylic acid groups (broad SMARTS) is 1. The normalized spacial score (nSPS) is 17.2. The lowest BCUT2D eigenvalue weighted by molar-refractivity contribution is 0.0673. The van der Waals surface area contributed by atoms with E-state index in [0.717, 1.165) is 12.8 Å². The van der Waals surface area contributed by atoms with Crippen molar-refractivity contribution in [2.24, 2.45) is 0 Å². The van der Waals surface area contributed by atoms with Gasteiger partial charge in [-0.1, -0.05) is 5.21 Å². The standard InChI is InChI=1S/C15H17N3O5/c1-21-9-5-6-10(12(8-9)22-2)18-14(11-4-3-7-23-11)13(15(19)20)16-17-18/h5-6,8,11H,3-4,7H2,1-2H3,(H,19,20). The van der Waals surface area contributed by atoms with Crippen molar-refractivity contribution < 1.29 is 24.1 Å². The van der Waals surface area contributed by atoms with Crippen molar-refractivity contribution in [3.8, 4) is 17.2 Å². The fourth-order valence-electron chi connectivity index (χ4n) is 2.66. The molecule has 0 spiro atoms. The zero-order valence-corrected chi connectivity index (χ0v) is 12.9. The molecule has 1 saturated heterocycles. The number of aromatic nitrogens is 3. The molecule has 0 aliphatic carbocycles. The molecule has 23 heavy (non-hydrogen) atoms. The van der Waals surface area contributed by atoms with Crippen molar-refractivity contribution in [3.63, 3.8) is 0 Å². The van der Waals surface area contributed by atoms with Gasteiger partial charge in [0.05, 0.1) is 14.2 Å². The molecule has 3 rings (SSSR count). The highest BCUT2D eigenvalue weighted by molar-refractivity contribution is 5.86. The van der Waals surface area contributed by atoms with Crippen LogP contribution in [0.15, 0.2) is 18.2 Å². The third kappa shape index (κ3) is 2.72. The van der Waals surface area contributed by atoms with Crippen LogP contribution in [-0.4, -0.2) is 46.9 Å². The van der Waals surface area contributed by atoms with Crippen LogP contribution in [0.4, 0.5) is 0 Å². The molecule has 8 heteroatoms. The summed E-state index contributed by atoms with van der Waals surface area (Å²) in [5.74, 6) is 0.00232. The van der Waals surface area contributed by atoms with Crippen LogP contribution in [0.1, 0.15) is 35.1 Å². The Bertz CT molecular complexity index is 722. The molecule has 2 heterocycles. The van der Waals surface area contributed by atoms with Crippen molar-refractivity contribution in [2.75, 3.05) is 20.8 Å².